The highest BCUT2D eigenvalue weighted by atomic mass is 35.5. The molecule has 0 saturated heterocycles. The lowest BCUT2D eigenvalue weighted by Gasteiger charge is -2.08. The Labute approximate surface area is 137 Å². The molecule has 0 aliphatic heterocycles. The molecule has 0 fully saturated rings. The van der Waals surface area contributed by atoms with Crippen molar-refractivity contribution < 1.29 is 4.42 Å². The van der Waals surface area contributed by atoms with Crippen molar-refractivity contribution in [2.24, 2.45) is 7.05 Å². The summed E-state index contributed by atoms with van der Waals surface area (Å²) in [5, 5.41) is 2.48. The van der Waals surface area contributed by atoms with Crippen LogP contribution < -0.4 is 5.63 Å². The van der Waals surface area contributed by atoms with Crippen LogP contribution in [0.15, 0.2) is 45.0 Å². The molecule has 0 amide bonds. The van der Waals surface area contributed by atoms with E-state index < -0.39 is 0 Å². The van der Waals surface area contributed by atoms with Gasteiger partial charge in [0.1, 0.15) is 5.58 Å². The van der Waals surface area contributed by atoms with Gasteiger partial charge in [0, 0.05) is 41.7 Å². The lowest BCUT2D eigenvalue weighted by Crippen LogP contribution is -2.01. The van der Waals surface area contributed by atoms with E-state index >= 15 is 0 Å². The van der Waals surface area contributed by atoms with Crippen LogP contribution in [0.25, 0.3) is 11.0 Å². The van der Waals surface area contributed by atoms with Gasteiger partial charge in [-0.1, -0.05) is 30.3 Å². The zero-order valence-corrected chi connectivity index (χ0v) is 13.9. The summed E-state index contributed by atoms with van der Waals surface area (Å²) in [5.74, 6) is 0.634. The molecule has 4 nitrogen and oxygen atoms in total. The van der Waals surface area contributed by atoms with E-state index in [9.17, 15) is 4.79 Å². The number of hydrogen-bond donors (Lipinski definition) is 0. The van der Waals surface area contributed by atoms with Gasteiger partial charge < -0.3 is 8.98 Å². The van der Waals surface area contributed by atoms with Gasteiger partial charge in [0.05, 0.1) is 0 Å². The van der Waals surface area contributed by atoms with Gasteiger partial charge in [0.15, 0.2) is 5.16 Å². The number of aromatic nitrogens is 2. The van der Waals surface area contributed by atoms with Crippen LogP contribution in [0.2, 0.25) is 5.02 Å². The molecule has 3 rings (SSSR count). The zero-order chi connectivity index (χ0) is 15.7. The summed E-state index contributed by atoms with van der Waals surface area (Å²) in [5.41, 5.74) is 2.13. The lowest BCUT2D eigenvalue weighted by atomic mass is 10.1. The summed E-state index contributed by atoms with van der Waals surface area (Å²) in [6.45, 7) is 2.02. The van der Waals surface area contributed by atoms with Crippen LogP contribution in [0.4, 0.5) is 0 Å². The molecule has 2 heterocycles. The van der Waals surface area contributed by atoms with Crippen LogP contribution in [0.1, 0.15) is 18.1 Å². The van der Waals surface area contributed by atoms with Crippen molar-refractivity contribution in [2.45, 2.75) is 24.3 Å². The SMILES string of the molecule is CCc1cc2oc(=O)cc(CSc3nccn3C)c2cc1Cl. The fraction of sp³-hybridized carbons (Fsp3) is 0.250. The molecule has 6 heteroatoms. The molecule has 0 aliphatic carbocycles. The Kier molecular flexibility index (Phi) is 4.27. The van der Waals surface area contributed by atoms with Crippen molar-refractivity contribution in [1.29, 1.82) is 0 Å². The Hall–Kier alpha value is -1.72. The van der Waals surface area contributed by atoms with E-state index in [-0.39, 0.29) is 5.63 Å². The monoisotopic (exact) mass is 334 g/mol. The van der Waals surface area contributed by atoms with Gasteiger partial charge in [0.25, 0.3) is 0 Å². The van der Waals surface area contributed by atoms with Crippen LogP contribution in [0, 0.1) is 0 Å². The average Bonchev–Trinajstić information content (AvgIpc) is 2.90. The number of imidazole rings is 1. The van der Waals surface area contributed by atoms with Crippen molar-refractivity contribution in [3.8, 4) is 0 Å². The molecular formula is C16H15ClN2O2S. The smallest absolute Gasteiger partial charge is 0.336 e. The normalized spacial score (nSPS) is 11.2. The summed E-state index contributed by atoms with van der Waals surface area (Å²) in [6, 6.07) is 5.27. The van der Waals surface area contributed by atoms with E-state index in [0.29, 0.717) is 16.4 Å². The molecular weight excluding hydrogens is 320 g/mol. The molecule has 0 atom stereocenters. The predicted octanol–water partition coefficient (Wildman–Crippen LogP) is 4.03. The maximum atomic E-state index is 11.8. The quantitative estimate of drug-likeness (QED) is 0.534. The zero-order valence-electron chi connectivity index (χ0n) is 12.3. The first-order chi connectivity index (χ1) is 10.6. The third-order valence-corrected chi connectivity index (χ3v) is 4.97. The molecule has 0 bridgehead atoms. The molecule has 0 saturated carbocycles. The number of hydrogen-bond acceptors (Lipinski definition) is 4. The highest BCUT2D eigenvalue weighted by Gasteiger charge is 2.11. The summed E-state index contributed by atoms with van der Waals surface area (Å²) in [4.78, 5) is 16.1. The van der Waals surface area contributed by atoms with Crippen molar-refractivity contribution in [3.63, 3.8) is 0 Å². The van der Waals surface area contributed by atoms with Crippen molar-refractivity contribution in [2.75, 3.05) is 0 Å². The molecule has 0 unspecified atom stereocenters. The number of thioether (sulfide) groups is 1. The number of nitrogens with zero attached hydrogens (tertiary/aromatic N) is 2. The maximum absolute atomic E-state index is 11.8. The van der Waals surface area contributed by atoms with Crippen molar-refractivity contribution in [3.05, 3.63) is 57.2 Å². The first-order valence-electron chi connectivity index (χ1n) is 6.93. The molecule has 1 aromatic carbocycles. The maximum Gasteiger partial charge on any atom is 0.336 e. The Balaban J connectivity index is 2.03. The molecule has 0 spiro atoms. The highest BCUT2D eigenvalue weighted by Crippen LogP contribution is 2.29. The number of benzene rings is 1. The molecule has 0 aliphatic rings. The molecule has 3 aromatic rings. The van der Waals surface area contributed by atoms with E-state index in [0.717, 1.165) is 28.1 Å². The van der Waals surface area contributed by atoms with Crippen LogP contribution in [0.5, 0.6) is 0 Å². The molecule has 2 aromatic heterocycles. The third kappa shape index (κ3) is 2.91. The average molecular weight is 335 g/mol. The van der Waals surface area contributed by atoms with Gasteiger partial charge in [0.2, 0.25) is 0 Å². The van der Waals surface area contributed by atoms with Gasteiger partial charge in [-0.3, -0.25) is 0 Å². The van der Waals surface area contributed by atoms with Crippen molar-refractivity contribution >= 4 is 34.3 Å². The second-order valence-electron chi connectivity index (χ2n) is 4.99. The highest BCUT2D eigenvalue weighted by molar-refractivity contribution is 7.98. The van der Waals surface area contributed by atoms with E-state index in [2.05, 4.69) is 4.98 Å². The van der Waals surface area contributed by atoms with E-state index in [1.54, 1.807) is 18.0 Å². The van der Waals surface area contributed by atoms with E-state index in [1.807, 2.05) is 36.9 Å². The molecule has 22 heavy (non-hydrogen) atoms. The largest absolute Gasteiger partial charge is 0.423 e. The topological polar surface area (TPSA) is 48.0 Å². The Bertz CT molecular complexity index is 885. The van der Waals surface area contributed by atoms with Crippen LogP contribution in [-0.4, -0.2) is 9.55 Å². The van der Waals surface area contributed by atoms with Crippen LogP contribution >= 0.6 is 23.4 Å². The van der Waals surface area contributed by atoms with Gasteiger partial charge in [-0.15, -0.1) is 0 Å². The molecule has 0 radical (unpaired) electrons. The second kappa shape index (κ2) is 6.18. The summed E-state index contributed by atoms with van der Waals surface area (Å²) in [7, 11) is 1.94. The minimum atomic E-state index is -0.340. The summed E-state index contributed by atoms with van der Waals surface area (Å²) < 4.78 is 7.26. The Morgan fingerprint density at radius 1 is 1.32 bits per heavy atom. The van der Waals surface area contributed by atoms with Crippen LogP contribution in [-0.2, 0) is 19.2 Å². The summed E-state index contributed by atoms with van der Waals surface area (Å²) in [6.07, 6.45) is 4.44. The number of halogens is 1. The van der Waals surface area contributed by atoms with Gasteiger partial charge >= 0.3 is 5.63 Å². The number of rotatable bonds is 4. The fourth-order valence-electron chi connectivity index (χ4n) is 2.31. The number of aryl methyl sites for hydroxylation is 2. The van der Waals surface area contributed by atoms with Crippen LogP contribution in [0.3, 0.4) is 0 Å². The third-order valence-electron chi connectivity index (χ3n) is 3.51. The first-order valence-corrected chi connectivity index (χ1v) is 8.30. The van der Waals surface area contributed by atoms with Crippen molar-refractivity contribution in [1.82, 2.24) is 9.55 Å². The Morgan fingerprint density at radius 3 is 2.82 bits per heavy atom. The first kappa shape index (κ1) is 15.2. The predicted molar refractivity (Wildman–Crippen MR) is 89.6 cm³/mol. The Morgan fingerprint density at radius 2 is 2.14 bits per heavy atom. The number of fused-ring (bicyclic) bond motifs is 1. The lowest BCUT2D eigenvalue weighted by molar-refractivity contribution is 0.559. The minimum absolute atomic E-state index is 0.340. The van der Waals surface area contributed by atoms with Gasteiger partial charge in [-0.05, 0) is 29.7 Å². The standard InChI is InChI=1S/C16H15ClN2O2S/c1-3-10-6-14-12(8-13(10)17)11(7-15(20)21-14)9-22-16-18-4-5-19(16)2/h4-8H,3,9H2,1-2H3. The second-order valence-corrected chi connectivity index (χ2v) is 6.34. The summed E-state index contributed by atoms with van der Waals surface area (Å²) >= 11 is 7.87. The van der Waals surface area contributed by atoms with Gasteiger partial charge in [-0.25, -0.2) is 9.78 Å². The minimum Gasteiger partial charge on any atom is -0.423 e. The van der Waals surface area contributed by atoms with Gasteiger partial charge in [-0.2, -0.15) is 0 Å². The molecule has 0 N–H and O–H groups in total. The fourth-order valence-corrected chi connectivity index (χ4v) is 3.53. The van der Waals surface area contributed by atoms with E-state index in [1.165, 1.54) is 6.07 Å². The van der Waals surface area contributed by atoms with E-state index in [4.69, 9.17) is 16.0 Å². The molecule has 114 valence electrons.